The zero-order valence-corrected chi connectivity index (χ0v) is 12.3. The number of benzene rings is 1. The van der Waals surface area contributed by atoms with E-state index in [1.165, 1.54) is 0 Å². The molecule has 1 nitrogen and oxygen atoms in total. The molecule has 1 fully saturated rings. The Morgan fingerprint density at radius 2 is 1.80 bits per heavy atom. The fraction of sp³-hybridized carbons (Fsp3) is 0.571. The van der Waals surface area contributed by atoms with Gasteiger partial charge in [-0.15, -0.1) is 0 Å². The molecule has 1 aromatic rings. The van der Waals surface area contributed by atoms with Gasteiger partial charge in [-0.1, -0.05) is 36.0 Å². The lowest BCUT2D eigenvalue weighted by Crippen LogP contribution is -2.38. The van der Waals surface area contributed by atoms with Crippen molar-refractivity contribution in [1.29, 1.82) is 0 Å². The lowest BCUT2D eigenvalue weighted by Gasteiger charge is -2.37. The van der Waals surface area contributed by atoms with E-state index in [1.807, 2.05) is 0 Å². The van der Waals surface area contributed by atoms with Crippen LogP contribution in [0.25, 0.3) is 0 Å². The highest BCUT2D eigenvalue weighted by Gasteiger charge is 2.47. The molecule has 2 rings (SSSR count). The van der Waals surface area contributed by atoms with Crippen molar-refractivity contribution in [3.63, 3.8) is 0 Å². The van der Waals surface area contributed by atoms with E-state index < -0.39 is 24.1 Å². The summed E-state index contributed by atoms with van der Waals surface area (Å²) < 4.78 is 39.4. The van der Waals surface area contributed by atoms with Crippen molar-refractivity contribution in [1.82, 2.24) is 0 Å². The maximum atomic E-state index is 13.1. The number of alkyl halides is 3. The van der Waals surface area contributed by atoms with Gasteiger partial charge in [-0.3, -0.25) is 0 Å². The van der Waals surface area contributed by atoms with Gasteiger partial charge in [-0.2, -0.15) is 13.2 Å². The van der Waals surface area contributed by atoms with Crippen molar-refractivity contribution in [2.24, 2.45) is 17.6 Å². The summed E-state index contributed by atoms with van der Waals surface area (Å²) in [5.74, 6) is -2.00. The van der Waals surface area contributed by atoms with Crippen LogP contribution in [0.15, 0.2) is 18.2 Å². The molecule has 0 heterocycles. The molecule has 2 N–H and O–H groups in total. The van der Waals surface area contributed by atoms with E-state index in [2.05, 4.69) is 0 Å². The molecule has 6 heteroatoms. The molecule has 0 aromatic heterocycles. The van der Waals surface area contributed by atoms with Crippen LogP contribution in [0.2, 0.25) is 10.0 Å². The summed E-state index contributed by atoms with van der Waals surface area (Å²) in [4.78, 5) is 0. The second-order valence-electron chi connectivity index (χ2n) is 5.29. The standard InChI is InChI=1S/C14H16Cl2F3N/c15-8-5-6-12(16)10(7-8)13(20)9-3-1-2-4-11(9)14(17,18)19/h5-7,9,11,13H,1-4,20H2. The topological polar surface area (TPSA) is 26.0 Å². The Balaban J connectivity index is 2.30. The average Bonchev–Trinajstić information content (AvgIpc) is 2.40. The largest absolute Gasteiger partial charge is 0.392 e. The molecule has 0 aliphatic heterocycles. The molecule has 20 heavy (non-hydrogen) atoms. The zero-order chi connectivity index (χ0) is 14.9. The smallest absolute Gasteiger partial charge is 0.324 e. The van der Waals surface area contributed by atoms with Crippen molar-refractivity contribution in [2.75, 3.05) is 0 Å². The summed E-state index contributed by atoms with van der Waals surface area (Å²) in [6, 6.07) is 4.00. The minimum Gasteiger partial charge on any atom is -0.324 e. The van der Waals surface area contributed by atoms with Crippen LogP contribution < -0.4 is 5.73 Å². The van der Waals surface area contributed by atoms with Gasteiger partial charge < -0.3 is 5.73 Å². The predicted molar refractivity (Wildman–Crippen MR) is 74.9 cm³/mol. The summed E-state index contributed by atoms with van der Waals surface area (Å²) in [5.41, 5.74) is 6.58. The molecule has 1 saturated carbocycles. The first kappa shape index (κ1) is 15.9. The third kappa shape index (κ3) is 3.41. The van der Waals surface area contributed by atoms with Crippen LogP contribution in [0.3, 0.4) is 0 Å². The average molecular weight is 326 g/mol. The molecular formula is C14H16Cl2F3N. The normalized spacial score (nSPS) is 25.5. The highest BCUT2D eigenvalue weighted by atomic mass is 35.5. The maximum absolute atomic E-state index is 13.1. The Hall–Kier alpha value is -0.450. The first-order valence-electron chi connectivity index (χ1n) is 6.58. The molecule has 0 amide bonds. The molecule has 0 spiro atoms. The van der Waals surface area contributed by atoms with E-state index >= 15 is 0 Å². The fourth-order valence-electron chi connectivity index (χ4n) is 3.00. The van der Waals surface area contributed by atoms with E-state index in [9.17, 15) is 13.2 Å². The Labute approximate surface area is 126 Å². The van der Waals surface area contributed by atoms with Gasteiger partial charge in [-0.25, -0.2) is 0 Å². The van der Waals surface area contributed by atoms with Crippen LogP contribution in [0, 0.1) is 11.8 Å². The lowest BCUT2D eigenvalue weighted by molar-refractivity contribution is -0.198. The predicted octanol–water partition coefficient (Wildman–Crippen LogP) is 5.36. The number of hydrogen-bond donors (Lipinski definition) is 1. The minimum atomic E-state index is -4.21. The van der Waals surface area contributed by atoms with Gasteiger partial charge in [0.15, 0.2) is 0 Å². The van der Waals surface area contributed by atoms with Gasteiger partial charge in [0.1, 0.15) is 0 Å². The summed E-state index contributed by atoms with van der Waals surface area (Å²) in [6.45, 7) is 0. The van der Waals surface area contributed by atoms with Crippen molar-refractivity contribution < 1.29 is 13.2 Å². The van der Waals surface area contributed by atoms with E-state index in [1.54, 1.807) is 18.2 Å². The van der Waals surface area contributed by atoms with Gasteiger partial charge in [0, 0.05) is 16.1 Å². The van der Waals surface area contributed by atoms with Crippen LogP contribution in [0.5, 0.6) is 0 Å². The van der Waals surface area contributed by atoms with Crippen LogP contribution in [-0.4, -0.2) is 6.18 Å². The van der Waals surface area contributed by atoms with Gasteiger partial charge in [0.05, 0.1) is 5.92 Å². The number of rotatable bonds is 2. The van der Waals surface area contributed by atoms with Gasteiger partial charge in [0.25, 0.3) is 0 Å². The molecule has 1 aromatic carbocycles. The van der Waals surface area contributed by atoms with Crippen LogP contribution in [0.1, 0.15) is 37.3 Å². The van der Waals surface area contributed by atoms with Crippen LogP contribution in [0.4, 0.5) is 13.2 Å². The molecule has 0 bridgehead atoms. The highest BCUT2D eigenvalue weighted by Crippen LogP contribution is 2.46. The first-order valence-corrected chi connectivity index (χ1v) is 7.33. The van der Waals surface area contributed by atoms with Crippen molar-refractivity contribution in [3.05, 3.63) is 33.8 Å². The van der Waals surface area contributed by atoms with E-state index in [0.717, 1.165) is 6.42 Å². The fourth-order valence-corrected chi connectivity index (χ4v) is 3.42. The molecule has 0 radical (unpaired) electrons. The van der Waals surface area contributed by atoms with Gasteiger partial charge in [-0.05, 0) is 42.5 Å². The molecule has 1 aliphatic carbocycles. The number of hydrogen-bond acceptors (Lipinski definition) is 1. The summed E-state index contributed by atoms with van der Waals surface area (Å²) >= 11 is 11.9. The monoisotopic (exact) mass is 325 g/mol. The molecule has 112 valence electrons. The summed E-state index contributed by atoms with van der Waals surface area (Å²) in [5, 5.41) is 0.799. The third-order valence-corrected chi connectivity index (χ3v) is 4.60. The highest BCUT2D eigenvalue weighted by molar-refractivity contribution is 6.33. The number of halogens is 5. The lowest BCUT2D eigenvalue weighted by atomic mass is 9.73. The van der Waals surface area contributed by atoms with Crippen LogP contribution >= 0.6 is 23.2 Å². The maximum Gasteiger partial charge on any atom is 0.392 e. The second kappa shape index (κ2) is 6.12. The molecule has 0 saturated heterocycles. The SMILES string of the molecule is NC(c1cc(Cl)ccc1Cl)C1CCCCC1C(F)(F)F. The van der Waals surface area contributed by atoms with Crippen molar-refractivity contribution >= 4 is 23.2 Å². The van der Waals surface area contributed by atoms with Gasteiger partial charge >= 0.3 is 6.18 Å². The van der Waals surface area contributed by atoms with Crippen molar-refractivity contribution in [3.8, 4) is 0 Å². The Kier molecular flexibility index (Phi) is 4.88. The van der Waals surface area contributed by atoms with E-state index in [4.69, 9.17) is 28.9 Å². The molecule has 3 unspecified atom stereocenters. The van der Waals surface area contributed by atoms with E-state index in [0.29, 0.717) is 28.5 Å². The second-order valence-corrected chi connectivity index (χ2v) is 6.13. The Morgan fingerprint density at radius 3 is 2.45 bits per heavy atom. The van der Waals surface area contributed by atoms with E-state index in [-0.39, 0.29) is 6.42 Å². The van der Waals surface area contributed by atoms with Gasteiger partial charge in [0.2, 0.25) is 0 Å². The summed E-state index contributed by atoms with van der Waals surface area (Å²) in [6.07, 6.45) is -2.25. The Morgan fingerprint density at radius 1 is 1.15 bits per heavy atom. The third-order valence-electron chi connectivity index (χ3n) is 4.02. The summed E-state index contributed by atoms with van der Waals surface area (Å²) in [7, 11) is 0. The zero-order valence-electron chi connectivity index (χ0n) is 10.8. The molecule has 1 aliphatic rings. The molecular weight excluding hydrogens is 310 g/mol. The van der Waals surface area contributed by atoms with Crippen molar-refractivity contribution in [2.45, 2.75) is 37.9 Å². The first-order chi connectivity index (χ1) is 9.30. The van der Waals surface area contributed by atoms with Crippen LogP contribution in [-0.2, 0) is 0 Å². The Bertz CT molecular complexity index is 476. The quantitative estimate of drug-likeness (QED) is 0.778. The molecule has 3 atom stereocenters. The minimum absolute atomic E-state index is 0.139. The number of nitrogens with two attached hydrogens (primary N) is 1.